The molecule has 0 saturated heterocycles. The molecule has 0 aliphatic heterocycles. The molecule has 0 aromatic heterocycles. The minimum absolute atomic E-state index is 0.309. The van der Waals surface area contributed by atoms with Crippen LogP contribution in [0.4, 0.5) is 10.5 Å². The van der Waals surface area contributed by atoms with Crippen LogP contribution in [0.3, 0.4) is 0 Å². The van der Waals surface area contributed by atoms with Crippen molar-refractivity contribution in [1.29, 1.82) is 0 Å². The van der Waals surface area contributed by atoms with Crippen molar-refractivity contribution in [2.24, 2.45) is 0 Å². The number of likely N-dealkylation sites (N-methyl/N-ethyl adjacent to an activating group) is 1. The molecule has 5 nitrogen and oxygen atoms in total. The van der Waals surface area contributed by atoms with Crippen molar-refractivity contribution in [3.05, 3.63) is 25.6 Å². The largest absolute Gasteiger partial charge is 0.480 e. The first-order chi connectivity index (χ1) is 8.85. The fraction of sp³-hybridized carbons (Fsp3) is 0.273. The third kappa shape index (κ3) is 4.77. The Morgan fingerprint density at radius 3 is 2.21 bits per heavy atom. The van der Waals surface area contributed by atoms with E-state index in [2.05, 4.69) is 53.1 Å². The average Bonchev–Trinajstić information content (AvgIpc) is 2.30. The molecular formula is C11H11Br3N2O3. The number of rotatable bonds is 4. The Labute approximate surface area is 135 Å². The summed E-state index contributed by atoms with van der Waals surface area (Å²) in [7, 11) is 0. The second-order valence-corrected chi connectivity index (χ2v) is 6.21. The van der Waals surface area contributed by atoms with E-state index >= 15 is 0 Å². The molecule has 0 aliphatic carbocycles. The molecule has 0 saturated carbocycles. The molecule has 0 aliphatic rings. The summed E-state index contributed by atoms with van der Waals surface area (Å²) >= 11 is 10.0. The third-order valence-corrected chi connectivity index (χ3v) is 3.94. The highest BCUT2D eigenvalue weighted by Crippen LogP contribution is 2.34. The van der Waals surface area contributed by atoms with Crippen molar-refractivity contribution >= 4 is 65.5 Å². The molecule has 104 valence electrons. The van der Waals surface area contributed by atoms with E-state index in [0.717, 1.165) is 4.47 Å². The van der Waals surface area contributed by atoms with Gasteiger partial charge in [-0.15, -0.1) is 0 Å². The summed E-state index contributed by atoms with van der Waals surface area (Å²) in [6, 6.07) is 3.11. The van der Waals surface area contributed by atoms with Gasteiger partial charge in [0.25, 0.3) is 0 Å². The summed E-state index contributed by atoms with van der Waals surface area (Å²) < 4.78 is 2.23. The summed E-state index contributed by atoms with van der Waals surface area (Å²) in [6.07, 6.45) is 0. The Morgan fingerprint density at radius 2 is 1.79 bits per heavy atom. The van der Waals surface area contributed by atoms with Crippen LogP contribution in [-0.2, 0) is 4.79 Å². The van der Waals surface area contributed by atoms with Crippen LogP contribution in [0.25, 0.3) is 0 Å². The van der Waals surface area contributed by atoms with E-state index in [1.807, 2.05) is 0 Å². The first kappa shape index (κ1) is 16.5. The van der Waals surface area contributed by atoms with Gasteiger partial charge in [-0.05, 0) is 50.9 Å². The van der Waals surface area contributed by atoms with Gasteiger partial charge in [0, 0.05) is 20.0 Å². The molecule has 1 rings (SSSR count). The second kappa shape index (κ2) is 7.25. The van der Waals surface area contributed by atoms with Gasteiger partial charge in [-0.1, -0.05) is 15.9 Å². The predicted molar refractivity (Wildman–Crippen MR) is 83.4 cm³/mol. The number of nitrogens with one attached hydrogen (secondary N) is 1. The van der Waals surface area contributed by atoms with Crippen LogP contribution in [0, 0.1) is 0 Å². The predicted octanol–water partition coefficient (Wildman–Crippen LogP) is 3.91. The zero-order valence-electron chi connectivity index (χ0n) is 9.91. The quantitative estimate of drug-likeness (QED) is 0.718. The molecule has 0 heterocycles. The summed E-state index contributed by atoms with van der Waals surface area (Å²) in [6.45, 7) is 1.69. The molecule has 0 fully saturated rings. The molecule has 0 bridgehead atoms. The maximum atomic E-state index is 12.0. The lowest BCUT2D eigenvalue weighted by Gasteiger charge is -2.20. The number of aliphatic carboxylic acids is 1. The van der Waals surface area contributed by atoms with E-state index < -0.39 is 12.0 Å². The lowest BCUT2D eigenvalue weighted by Crippen LogP contribution is -2.38. The number of halogens is 3. The lowest BCUT2D eigenvalue weighted by atomic mass is 10.3. The monoisotopic (exact) mass is 456 g/mol. The van der Waals surface area contributed by atoms with E-state index in [1.165, 1.54) is 4.90 Å². The molecule has 2 N–H and O–H groups in total. The molecule has 8 heteroatoms. The smallest absolute Gasteiger partial charge is 0.323 e. The number of carbonyl (C=O) groups excluding carboxylic acids is 1. The first-order valence-electron chi connectivity index (χ1n) is 5.27. The molecule has 2 amide bonds. The van der Waals surface area contributed by atoms with Crippen molar-refractivity contribution in [1.82, 2.24) is 4.90 Å². The van der Waals surface area contributed by atoms with Crippen molar-refractivity contribution in [2.45, 2.75) is 6.92 Å². The topological polar surface area (TPSA) is 69.6 Å². The molecule has 0 atom stereocenters. The number of benzene rings is 1. The van der Waals surface area contributed by atoms with Crippen LogP contribution < -0.4 is 5.32 Å². The Balaban J connectivity index is 2.90. The van der Waals surface area contributed by atoms with Gasteiger partial charge in [0.2, 0.25) is 0 Å². The molecule has 0 radical (unpaired) electrons. The van der Waals surface area contributed by atoms with Crippen LogP contribution >= 0.6 is 47.8 Å². The van der Waals surface area contributed by atoms with Crippen molar-refractivity contribution in [3.63, 3.8) is 0 Å². The van der Waals surface area contributed by atoms with Crippen LogP contribution in [0.5, 0.6) is 0 Å². The van der Waals surface area contributed by atoms with E-state index in [4.69, 9.17) is 5.11 Å². The normalized spacial score (nSPS) is 10.1. The van der Waals surface area contributed by atoms with E-state index in [0.29, 0.717) is 21.2 Å². The van der Waals surface area contributed by atoms with Crippen LogP contribution in [0.1, 0.15) is 6.92 Å². The van der Waals surface area contributed by atoms with Gasteiger partial charge in [-0.25, -0.2) is 4.79 Å². The third-order valence-electron chi connectivity index (χ3n) is 2.23. The van der Waals surface area contributed by atoms with Crippen LogP contribution in [0.2, 0.25) is 0 Å². The zero-order valence-corrected chi connectivity index (χ0v) is 14.7. The minimum Gasteiger partial charge on any atom is -0.480 e. The summed E-state index contributed by atoms with van der Waals surface area (Å²) in [5.74, 6) is -1.05. The molecular weight excluding hydrogens is 448 g/mol. The van der Waals surface area contributed by atoms with Gasteiger partial charge in [0.1, 0.15) is 6.54 Å². The Hall–Kier alpha value is -0.600. The number of carbonyl (C=O) groups is 2. The Morgan fingerprint density at radius 1 is 1.26 bits per heavy atom. The average molecular weight is 459 g/mol. The Bertz CT molecular complexity index is 485. The highest BCUT2D eigenvalue weighted by Gasteiger charge is 2.17. The number of carboxylic acids is 1. The number of urea groups is 1. The van der Waals surface area contributed by atoms with Gasteiger partial charge in [-0.2, -0.15) is 0 Å². The molecule has 1 aromatic carbocycles. The zero-order chi connectivity index (χ0) is 14.6. The van der Waals surface area contributed by atoms with Crippen molar-refractivity contribution < 1.29 is 14.7 Å². The SMILES string of the molecule is CCN(CC(=O)O)C(=O)Nc1c(Br)cc(Br)cc1Br. The van der Waals surface area contributed by atoms with E-state index in [1.54, 1.807) is 19.1 Å². The van der Waals surface area contributed by atoms with Crippen LogP contribution in [-0.4, -0.2) is 35.1 Å². The molecule has 0 spiro atoms. The highest BCUT2D eigenvalue weighted by atomic mass is 79.9. The van der Waals surface area contributed by atoms with Gasteiger partial charge in [-0.3, -0.25) is 4.79 Å². The molecule has 19 heavy (non-hydrogen) atoms. The van der Waals surface area contributed by atoms with E-state index in [-0.39, 0.29) is 6.54 Å². The van der Waals surface area contributed by atoms with E-state index in [9.17, 15) is 9.59 Å². The fourth-order valence-electron chi connectivity index (χ4n) is 1.34. The summed E-state index contributed by atoms with van der Waals surface area (Å²) in [4.78, 5) is 23.8. The van der Waals surface area contributed by atoms with Gasteiger partial charge in [0.15, 0.2) is 0 Å². The second-order valence-electron chi connectivity index (χ2n) is 3.58. The Kier molecular flexibility index (Phi) is 6.28. The lowest BCUT2D eigenvalue weighted by molar-refractivity contribution is -0.137. The minimum atomic E-state index is -1.05. The van der Waals surface area contributed by atoms with Gasteiger partial charge in [0.05, 0.1) is 5.69 Å². The maximum Gasteiger partial charge on any atom is 0.323 e. The van der Waals surface area contributed by atoms with Crippen molar-refractivity contribution in [2.75, 3.05) is 18.4 Å². The summed E-state index contributed by atoms with van der Waals surface area (Å²) in [5, 5.41) is 11.4. The highest BCUT2D eigenvalue weighted by molar-refractivity contribution is 9.11. The number of nitrogens with zero attached hydrogens (tertiary/aromatic N) is 1. The number of carboxylic acid groups (broad SMARTS) is 1. The number of hydrogen-bond donors (Lipinski definition) is 2. The number of amides is 2. The first-order valence-corrected chi connectivity index (χ1v) is 7.65. The molecule has 1 aromatic rings. The number of hydrogen-bond acceptors (Lipinski definition) is 2. The fourth-order valence-corrected chi connectivity index (χ4v) is 3.80. The maximum absolute atomic E-state index is 12.0. The number of anilines is 1. The van der Waals surface area contributed by atoms with Crippen molar-refractivity contribution in [3.8, 4) is 0 Å². The summed E-state index contributed by atoms with van der Waals surface area (Å²) in [5.41, 5.74) is 0.553. The van der Waals surface area contributed by atoms with Gasteiger partial charge < -0.3 is 15.3 Å². The molecule has 0 unspecified atom stereocenters. The standard InChI is InChI=1S/C11H11Br3N2O3/c1-2-16(5-9(17)18)11(19)15-10-7(13)3-6(12)4-8(10)14/h3-4H,2,5H2,1H3,(H,15,19)(H,17,18). The van der Waals surface area contributed by atoms with Gasteiger partial charge >= 0.3 is 12.0 Å². The van der Waals surface area contributed by atoms with Crippen LogP contribution in [0.15, 0.2) is 25.6 Å².